The van der Waals surface area contributed by atoms with E-state index < -0.39 is 0 Å². The summed E-state index contributed by atoms with van der Waals surface area (Å²) in [7, 11) is 0. The van der Waals surface area contributed by atoms with Gasteiger partial charge in [0, 0.05) is 42.8 Å². The second kappa shape index (κ2) is 7.13. The molecule has 0 spiro atoms. The molecule has 0 bridgehead atoms. The van der Waals surface area contributed by atoms with E-state index in [9.17, 15) is 0 Å². The number of rotatable bonds is 4. The lowest BCUT2D eigenvalue weighted by Crippen LogP contribution is -2.28. The third-order valence-corrected chi connectivity index (χ3v) is 4.59. The smallest absolute Gasteiger partial charge is 0.258 e. The Labute approximate surface area is 151 Å². The van der Waals surface area contributed by atoms with Crippen molar-refractivity contribution in [3.05, 3.63) is 42.2 Å². The van der Waals surface area contributed by atoms with Gasteiger partial charge < -0.3 is 20.3 Å². The summed E-state index contributed by atoms with van der Waals surface area (Å²) in [6.45, 7) is 3.56. The molecule has 2 aromatic heterocycles. The van der Waals surface area contributed by atoms with Gasteiger partial charge in [0.05, 0.1) is 11.4 Å². The average molecular weight is 351 g/mol. The minimum absolute atomic E-state index is 0.389. The van der Waals surface area contributed by atoms with Gasteiger partial charge in [0.2, 0.25) is 5.82 Å². The van der Waals surface area contributed by atoms with Crippen molar-refractivity contribution in [3.63, 3.8) is 0 Å². The maximum Gasteiger partial charge on any atom is 0.258 e. The van der Waals surface area contributed by atoms with Crippen LogP contribution in [0.5, 0.6) is 0 Å². The summed E-state index contributed by atoms with van der Waals surface area (Å²) >= 11 is 0. The molecular formula is C19H21N5O2. The van der Waals surface area contributed by atoms with Crippen molar-refractivity contribution in [1.82, 2.24) is 15.1 Å². The van der Waals surface area contributed by atoms with Crippen molar-refractivity contribution in [2.24, 2.45) is 0 Å². The highest BCUT2D eigenvalue weighted by Crippen LogP contribution is 2.29. The third-order valence-electron chi connectivity index (χ3n) is 4.59. The van der Waals surface area contributed by atoms with Crippen LogP contribution in [0, 0.1) is 6.92 Å². The number of ether oxygens (including phenoxy) is 1. The van der Waals surface area contributed by atoms with Gasteiger partial charge >= 0.3 is 0 Å². The SMILES string of the molecule is Cc1ccncc1-c1noc(-c2ccc(NC3CCOCC3)c(N)c2)n1. The Morgan fingerprint density at radius 1 is 1.19 bits per heavy atom. The zero-order valence-corrected chi connectivity index (χ0v) is 14.6. The highest BCUT2D eigenvalue weighted by molar-refractivity contribution is 5.74. The molecule has 3 N–H and O–H groups in total. The fourth-order valence-electron chi connectivity index (χ4n) is 3.04. The molecule has 1 saturated heterocycles. The first-order valence-corrected chi connectivity index (χ1v) is 8.69. The van der Waals surface area contributed by atoms with Crippen LogP contribution >= 0.6 is 0 Å². The molecule has 1 fully saturated rings. The molecule has 0 unspecified atom stereocenters. The van der Waals surface area contributed by atoms with Crippen LogP contribution in [-0.4, -0.2) is 34.4 Å². The van der Waals surface area contributed by atoms with Crippen LogP contribution in [0.15, 0.2) is 41.2 Å². The van der Waals surface area contributed by atoms with Gasteiger partial charge in [-0.1, -0.05) is 5.16 Å². The van der Waals surface area contributed by atoms with Crippen LogP contribution in [0.4, 0.5) is 11.4 Å². The number of pyridine rings is 1. The van der Waals surface area contributed by atoms with Crippen molar-refractivity contribution >= 4 is 11.4 Å². The van der Waals surface area contributed by atoms with Crippen molar-refractivity contribution in [1.29, 1.82) is 0 Å². The number of aromatic nitrogens is 3. The van der Waals surface area contributed by atoms with Crippen molar-refractivity contribution in [2.45, 2.75) is 25.8 Å². The molecule has 134 valence electrons. The third kappa shape index (κ3) is 3.39. The lowest BCUT2D eigenvalue weighted by molar-refractivity contribution is 0.0904. The highest BCUT2D eigenvalue weighted by Gasteiger charge is 2.16. The normalized spacial score (nSPS) is 15.1. The van der Waals surface area contributed by atoms with Crippen LogP contribution in [0.3, 0.4) is 0 Å². The number of hydrogen-bond acceptors (Lipinski definition) is 7. The molecule has 1 aliphatic heterocycles. The van der Waals surface area contributed by atoms with Gasteiger partial charge in [-0.2, -0.15) is 4.98 Å². The van der Waals surface area contributed by atoms with Crippen LogP contribution in [0.1, 0.15) is 18.4 Å². The predicted molar refractivity (Wildman–Crippen MR) is 99.6 cm³/mol. The number of nitrogens with two attached hydrogens (primary N) is 1. The summed E-state index contributed by atoms with van der Waals surface area (Å²) < 4.78 is 10.8. The molecule has 7 nitrogen and oxygen atoms in total. The summed E-state index contributed by atoms with van der Waals surface area (Å²) in [5.41, 5.74) is 10.5. The van der Waals surface area contributed by atoms with E-state index in [0.29, 0.717) is 23.4 Å². The van der Waals surface area contributed by atoms with E-state index in [0.717, 1.165) is 48.4 Å². The van der Waals surface area contributed by atoms with Crippen LogP contribution in [0.2, 0.25) is 0 Å². The van der Waals surface area contributed by atoms with Gasteiger partial charge in [0.1, 0.15) is 0 Å². The molecule has 0 saturated carbocycles. The lowest BCUT2D eigenvalue weighted by atomic mass is 10.1. The second-order valence-electron chi connectivity index (χ2n) is 6.45. The fraction of sp³-hybridized carbons (Fsp3) is 0.316. The molecule has 0 aliphatic carbocycles. The van der Waals surface area contributed by atoms with Crippen molar-refractivity contribution < 1.29 is 9.26 Å². The molecule has 1 aromatic carbocycles. The first kappa shape index (κ1) is 16.5. The number of nitrogens with zero attached hydrogens (tertiary/aromatic N) is 3. The number of anilines is 2. The molecule has 26 heavy (non-hydrogen) atoms. The predicted octanol–water partition coefficient (Wildman–Crippen LogP) is 3.28. The van der Waals surface area contributed by atoms with E-state index in [2.05, 4.69) is 20.4 Å². The first-order chi connectivity index (χ1) is 12.7. The Balaban J connectivity index is 1.55. The van der Waals surface area contributed by atoms with E-state index in [-0.39, 0.29) is 0 Å². The monoisotopic (exact) mass is 351 g/mol. The largest absolute Gasteiger partial charge is 0.397 e. The van der Waals surface area contributed by atoms with E-state index >= 15 is 0 Å². The van der Waals surface area contributed by atoms with Crippen molar-refractivity contribution in [3.8, 4) is 22.8 Å². The van der Waals surface area contributed by atoms with Gasteiger partial charge in [0.25, 0.3) is 5.89 Å². The molecule has 1 aliphatic rings. The minimum atomic E-state index is 0.389. The molecular weight excluding hydrogens is 330 g/mol. The van der Waals surface area contributed by atoms with E-state index in [1.54, 1.807) is 12.4 Å². The molecule has 0 atom stereocenters. The Morgan fingerprint density at radius 3 is 2.81 bits per heavy atom. The van der Waals surface area contributed by atoms with Gasteiger partial charge in [-0.3, -0.25) is 4.98 Å². The van der Waals surface area contributed by atoms with Crippen LogP contribution in [-0.2, 0) is 4.74 Å². The summed E-state index contributed by atoms with van der Waals surface area (Å²) in [6, 6.07) is 8.06. The highest BCUT2D eigenvalue weighted by atomic mass is 16.5. The Morgan fingerprint density at radius 2 is 2.04 bits per heavy atom. The number of nitrogen functional groups attached to an aromatic ring is 1. The maximum atomic E-state index is 6.22. The zero-order chi connectivity index (χ0) is 17.9. The summed E-state index contributed by atoms with van der Waals surface area (Å²) in [5.74, 6) is 0.959. The topological polar surface area (TPSA) is 99.1 Å². The molecule has 3 aromatic rings. The maximum absolute atomic E-state index is 6.22. The number of hydrogen-bond donors (Lipinski definition) is 2. The van der Waals surface area contributed by atoms with E-state index in [1.165, 1.54) is 0 Å². The van der Waals surface area contributed by atoms with Crippen LogP contribution in [0.25, 0.3) is 22.8 Å². The minimum Gasteiger partial charge on any atom is -0.397 e. The summed E-state index contributed by atoms with van der Waals surface area (Å²) in [5, 5.41) is 7.56. The van der Waals surface area contributed by atoms with Gasteiger partial charge in [-0.05, 0) is 49.6 Å². The number of nitrogens with one attached hydrogen (secondary N) is 1. The van der Waals surface area contributed by atoms with Crippen LogP contribution < -0.4 is 11.1 Å². The van der Waals surface area contributed by atoms with Gasteiger partial charge in [-0.15, -0.1) is 0 Å². The lowest BCUT2D eigenvalue weighted by Gasteiger charge is -2.24. The van der Waals surface area contributed by atoms with Gasteiger partial charge in [-0.25, -0.2) is 0 Å². The summed E-state index contributed by atoms with van der Waals surface area (Å²) in [4.78, 5) is 8.61. The zero-order valence-electron chi connectivity index (χ0n) is 14.6. The number of benzene rings is 1. The fourth-order valence-corrected chi connectivity index (χ4v) is 3.04. The number of aryl methyl sites for hydroxylation is 1. The molecule has 7 heteroatoms. The molecule has 3 heterocycles. The Bertz CT molecular complexity index is 902. The molecule has 0 radical (unpaired) electrons. The van der Waals surface area contributed by atoms with Crippen molar-refractivity contribution in [2.75, 3.05) is 24.3 Å². The Hall–Kier alpha value is -2.93. The summed E-state index contributed by atoms with van der Waals surface area (Å²) in [6.07, 6.45) is 5.45. The van der Waals surface area contributed by atoms with Gasteiger partial charge in [0.15, 0.2) is 0 Å². The quantitative estimate of drug-likeness (QED) is 0.696. The second-order valence-corrected chi connectivity index (χ2v) is 6.45. The molecule has 0 amide bonds. The first-order valence-electron chi connectivity index (χ1n) is 8.69. The standard InChI is InChI=1S/C19H21N5O2/c1-12-4-7-21-11-15(12)18-23-19(26-24-18)13-2-3-17(16(20)10-13)22-14-5-8-25-9-6-14/h2-4,7,10-11,14,22H,5-6,8-9,20H2,1H3. The molecule has 4 rings (SSSR count). The average Bonchev–Trinajstić information content (AvgIpc) is 3.14. The van der Waals surface area contributed by atoms with E-state index in [1.807, 2.05) is 31.2 Å². The van der Waals surface area contributed by atoms with E-state index in [4.69, 9.17) is 15.0 Å². The Kier molecular flexibility index (Phi) is 4.53.